The van der Waals surface area contributed by atoms with Gasteiger partial charge in [-0.3, -0.25) is 0 Å². The van der Waals surface area contributed by atoms with Gasteiger partial charge in [0.25, 0.3) is 0 Å². The van der Waals surface area contributed by atoms with Crippen LogP contribution in [-0.4, -0.2) is 17.2 Å². The molecule has 2 aromatic rings. The summed E-state index contributed by atoms with van der Waals surface area (Å²) >= 11 is 5.80. The van der Waals surface area contributed by atoms with Crippen molar-refractivity contribution in [1.82, 2.24) is 0 Å². The Hall–Kier alpha value is -1.33. The molecule has 5 heteroatoms. The molecule has 0 aliphatic rings. The summed E-state index contributed by atoms with van der Waals surface area (Å²) < 4.78 is 5.58. The lowest BCUT2D eigenvalue weighted by Crippen LogP contribution is -2.29. The monoisotopic (exact) mass is 276 g/mol. The smallest absolute Gasteiger partial charge is 0.423 e. The van der Waals surface area contributed by atoms with E-state index in [9.17, 15) is 0 Å². The minimum atomic E-state index is -1.43. The molecule has 0 unspecified atom stereocenters. The van der Waals surface area contributed by atoms with Gasteiger partial charge in [0.05, 0.1) is 13.2 Å². The van der Waals surface area contributed by atoms with Crippen LogP contribution in [0.3, 0.4) is 0 Å². The molecule has 0 aliphatic heterocycles. The van der Waals surface area contributed by atoms with Gasteiger partial charge in [-0.15, -0.1) is 0 Å². The average Bonchev–Trinajstić information content (AvgIpc) is 2.41. The first-order valence-electron chi connectivity index (χ1n) is 5.92. The zero-order valence-corrected chi connectivity index (χ0v) is 11.0. The predicted molar refractivity (Wildman–Crippen MR) is 76.2 cm³/mol. The molecule has 2 rings (SSSR count). The van der Waals surface area contributed by atoms with Crippen molar-refractivity contribution in [2.75, 3.05) is 0 Å². The Labute approximate surface area is 117 Å². The van der Waals surface area contributed by atoms with Crippen LogP contribution in [-0.2, 0) is 18.0 Å². The Bertz CT molecular complexity index is 511. The quantitative estimate of drug-likeness (QED) is 0.818. The summed E-state index contributed by atoms with van der Waals surface area (Å²) in [4.78, 5) is 0. The molecule has 0 amide bonds. The number of halogens is 1. The van der Waals surface area contributed by atoms with E-state index in [2.05, 4.69) is 0 Å². The normalized spacial score (nSPS) is 10.5. The highest BCUT2D eigenvalue weighted by molar-refractivity contribution is 6.58. The summed E-state index contributed by atoms with van der Waals surface area (Å²) in [5, 5.41) is 18.7. The van der Waals surface area contributed by atoms with Crippen LogP contribution in [0.4, 0.5) is 0 Å². The van der Waals surface area contributed by atoms with E-state index in [0.717, 1.165) is 11.1 Å². The predicted octanol–water partition coefficient (Wildman–Crippen LogP) is 1.74. The third kappa shape index (κ3) is 4.37. The first-order valence-corrected chi connectivity index (χ1v) is 6.30. The van der Waals surface area contributed by atoms with Crippen LogP contribution >= 0.6 is 11.6 Å². The Kier molecular flexibility index (Phi) is 4.99. The average molecular weight is 277 g/mol. The van der Waals surface area contributed by atoms with Crippen molar-refractivity contribution in [3.63, 3.8) is 0 Å². The largest absolute Gasteiger partial charge is 0.488 e. The Morgan fingerprint density at radius 2 is 1.32 bits per heavy atom. The highest BCUT2D eigenvalue weighted by Gasteiger charge is 2.09. The van der Waals surface area contributed by atoms with Gasteiger partial charge in [0.2, 0.25) is 0 Å². The van der Waals surface area contributed by atoms with Gasteiger partial charge in [0.1, 0.15) is 0 Å². The van der Waals surface area contributed by atoms with Gasteiger partial charge in [0.15, 0.2) is 0 Å². The molecule has 2 aromatic carbocycles. The fourth-order valence-corrected chi connectivity index (χ4v) is 1.78. The molecular formula is C14H14BClO3. The fraction of sp³-hybridized carbons (Fsp3) is 0.143. The first kappa shape index (κ1) is 14.1. The topological polar surface area (TPSA) is 49.7 Å². The number of hydrogen-bond donors (Lipinski definition) is 2. The molecule has 19 heavy (non-hydrogen) atoms. The maximum Gasteiger partial charge on any atom is 0.488 e. The molecule has 0 fully saturated rings. The van der Waals surface area contributed by atoms with Crippen LogP contribution in [0, 0.1) is 0 Å². The van der Waals surface area contributed by atoms with Crippen LogP contribution in [0.2, 0.25) is 5.02 Å². The second kappa shape index (κ2) is 6.73. The Morgan fingerprint density at radius 1 is 0.842 bits per heavy atom. The molecule has 0 atom stereocenters. The van der Waals surface area contributed by atoms with Gasteiger partial charge >= 0.3 is 7.12 Å². The molecule has 0 radical (unpaired) electrons. The molecule has 0 heterocycles. The molecule has 0 aromatic heterocycles. The van der Waals surface area contributed by atoms with Crippen molar-refractivity contribution in [2.24, 2.45) is 0 Å². The van der Waals surface area contributed by atoms with Crippen LogP contribution in [0.25, 0.3) is 0 Å². The van der Waals surface area contributed by atoms with Gasteiger partial charge in [-0.2, -0.15) is 0 Å². The van der Waals surface area contributed by atoms with Crippen molar-refractivity contribution in [3.8, 4) is 0 Å². The third-order valence-electron chi connectivity index (χ3n) is 2.73. The SMILES string of the molecule is OB(O)c1ccc(COCc2ccc(Cl)cc2)cc1. The van der Waals surface area contributed by atoms with Crippen LogP contribution < -0.4 is 5.46 Å². The van der Waals surface area contributed by atoms with E-state index < -0.39 is 7.12 Å². The van der Waals surface area contributed by atoms with Crippen LogP contribution in [0.5, 0.6) is 0 Å². The molecule has 0 saturated carbocycles. The second-order valence-electron chi connectivity index (χ2n) is 4.23. The molecule has 0 spiro atoms. The number of ether oxygens (including phenoxy) is 1. The van der Waals surface area contributed by atoms with E-state index in [1.54, 1.807) is 12.1 Å². The fourth-order valence-electron chi connectivity index (χ4n) is 1.65. The minimum Gasteiger partial charge on any atom is -0.423 e. The maximum atomic E-state index is 8.98. The van der Waals surface area contributed by atoms with Crippen molar-refractivity contribution in [2.45, 2.75) is 13.2 Å². The summed E-state index contributed by atoms with van der Waals surface area (Å²) in [6, 6.07) is 14.5. The minimum absolute atomic E-state index is 0.474. The van der Waals surface area contributed by atoms with E-state index in [1.165, 1.54) is 0 Å². The second-order valence-corrected chi connectivity index (χ2v) is 4.67. The molecule has 98 valence electrons. The number of rotatable bonds is 5. The zero-order chi connectivity index (χ0) is 13.7. The summed E-state index contributed by atoms with van der Waals surface area (Å²) in [6.45, 7) is 0.992. The molecule has 0 aliphatic carbocycles. The first-order chi connectivity index (χ1) is 9.15. The number of hydrogen-bond acceptors (Lipinski definition) is 3. The molecular weight excluding hydrogens is 262 g/mol. The standard InChI is InChI=1S/C14H14BClO3/c16-14-7-3-12(4-8-14)10-19-9-11-1-5-13(6-2-11)15(17)18/h1-8,17-18H,9-10H2. The van der Waals surface area contributed by atoms with Crippen LogP contribution in [0.15, 0.2) is 48.5 Å². The van der Waals surface area contributed by atoms with Crippen molar-refractivity contribution < 1.29 is 14.8 Å². The third-order valence-corrected chi connectivity index (χ3v) is 2.98. The lowest BCUT2D eigenvalue weighted by molar-refractivity contribution is 0.107. The van der Waals surface area contributed by atoms with E-state index in [1.807, 2.05) is 36.4 Å². The van der Waals surface area contributed by atoms with Crippen molar-refractivity contribution >= 4 is 24.2 Å². The molecule has 0 saturated heterocycles. The van der Waals surface area contributed by atoms with E-state index in [0.29, 0.717) is 23.7 Å². The molecule has 3 nitrogen and oxygen atoms in total. The van der Waals surface area contributed by atoms with Gasteiger partial charge in [-0.25, -0.2) is 0 Å². The van der Waals surface area contributed by atoms with E-state index in [-0.39, 0.29) is 0 Å². The Morgan fingerprint density at radius 3 is 1.79 bits per heavy atom. The highest BCUT2D eigenvalue weighted by Crippen LogP contribution is 2.11. The van der Waals surface area contributed by atoms with Gasteiger partial charge < -0.3 is 14.8 Å². The number of benzene rings is 2. The summed E-state index contributed by atoms with van der Waals surface area (Å²) in [7, 11) is -1.43. The van der Waals surface area contributed by atoms with Gasteiger partial charge in [-0.05, 0) is 28.7 Å². The van der Waals surface area contributed by atoms with Crippen molar-refractivity contribution in [3.05, 3.63) is 64.7 Å². The zero-order valence-electron chi connectivity index (χ0n) is 10.3. The summed E-state index contributed by atoms with van der Waals surface area (Å²) in [5.41, 5.74) is 2.52. The highest BCUT2D eigenvalue weighted by atomic mass is 35.5. The lowest BCUT2D eigenvalue weighted by atomic mass is 9.80. The lowest BCUT2D eigenvalue weighted by Gasteiger charge is -2.06. The van der Waals surface area contributed by atoms with E-state index >= 15 is 0 Å². The van der Waals surface area contributed by atoms with Gasteiger partial charge in [0, 0.05) is 5.02 Å². The van der Waals surface area contributed by atoms with Gasteiger partial charge in [-0.1, -0.05) is 48.0 Å². The molecule has 2 N–H and O–H groups in total. The van der Waals surface area contributed by atoms with E-state index in [4.69, 9.17) is 26.4 Å². The maximum absolute atomic E-state index is 8.98. The van der Waals surface area contributed by atoms with Crippen LogP contribution in [0.1, 0.15) is 11.1 Å². The van der Waals surface area contributed by atoms with Crippen molar-refractivity contribution in [1.29, 1.82) is 0 Å². The molecule has 0 bridgehead atoms. The Balaban J connectivity index is 1.83. The summed E-state index contributed by atoms with van der Waals surface area (Å²) in [6.07, 6.45) is 0. The summed E-state index contributed by atoms with van der Waals surface area (Å²) in [5.74, 6) is 0.